The van der Waals surface area contributed by atoms with E-state index in [4.69, 9.17) is 9.47 Å². The van der Waals surface area contributed by atoms with Crippen molar-refractivity contribution < 1.29 is 24.2 Å². The number of ether oxygens (including phenoxy) is 2. The first-order chi connectivity index (χ1) is 18.1. The molecule has 1 N–H and O–H groups in total. The van der Waals surface area contributed by atoms with Crippen LogP contribution in [-0.4, -0.2) is 36.4 Å². The van der Waals surface area contributed by atoms with E-state index in [-0.39, 0.29) is 25.2 Å². The van der Waals surface area contributed by atoms with Crippen molar-refractivity contribution in [3.8, 4) is 0 Å². The van der Waals surface area contributed by atoms with Gasteiger partial charge in [0.2, 0.25) is 0 Å². The number of carbonyl (C=O) groups is 2. The highest BCUT2D eigenvalue weighted by molar-refractivity contribution is 5.69. The number of esters is 2. The van der Waals surface area contributed by atoms with E-state index in [9.17, 15) is 14.7 Å². The van der Waals surface area contributed by atoms with Crippen LogP contribution in [0, 0.1) is 0 Å². The van der Waals surface area contributed by atoms with Gasteiger partial charge in [0.15, 0.2) is 0 Å². The molecule has 0 aromatic rings. The Balaban J connectivity index is 3.41. The van der Waals surface area contributed by atoms with Crippen molar-refractivity contribution in [1.29, 1.82) is 0 Å². The van der Waals surface area contributed by atoms with Gasteiger partial charge in [-0.25, -0.2) is 0 Å². The van der Waals surface area contributed by atoms with Gasteiger partial charge in [0.1, 0.15) is 19.3 Å². The molecular weight excluding hydrogens is 464 g/mol. The number of aliphatic hydroxyl groups excluding tert-OH is 1. The average Bonchev–Trinajstić information content (AvgIpc) is 2.90. The Morgan fingerprint density at radius 2 is 0.703 bits per heavy atom. The lowest BCUT2D eigenvalue weighted by Crippen LogP contribution is -2.25. The molecule has 0 spiro atoms. The molecule has 37 heavy (non-hydrogen) atoms. The van der Waals surface area contributed by atoms with Crippen molar-refractivity contribution in [1.82, 2.24) is 0 Å². The van der Waals surface area contributed by atoms with E-state index < -0.39 is 6.10 Å². The van der Waals surface area contributed by atoms with Gasteiger partial charge in [0, 0.05) is 12.8 Å². The van der Waals surface area contributed by atoms with Gasteiger partial charge in [-0.15, -0.1) is 0 Å². The van der Waals surface area contributed by atoms with Crippen molar-refractivity contribution in [2.45, 2.75) is 180 Å². The Morgan fingerprint density at radius 3 is 0.973 bits per heavy atom. The molecule has 0 amide bonds. The molecule has 0 aliphatic rings. The molecule has 0 unspecified atom stereocenters. The van der Waals surface area contributed by atoms with Crippen LogP contribution in [0.1, 0.15) is 174 Å². The third-order valence-electron chi connectivity index (χ3n) is 7.09. The van der Waals surface area contributed by atoms with Gasteiger partial charge in [0.25, 0.3) is 0 Å². The monoisotopic (exact) mass is 526 g/mol. The fourth-order valence-corrected chi connectivity index (χ4v) is 4.61. The van der Waals surface area contributed by atoms with Gasteiger partial charge >= 0.3 is 11.9 Å². The second kappa shape index (κ2) is 29.5. The van der Waals surface area contributed by atoms with Crippen molar-refractivity contribution in [2.75, 3.05) is 13.2 Å². The minimum atomic E-state index is -0.952. The van der Waals surface area contributed by atoms with E-state index in [1.807, 2.05) is 0 Å². The van der Waals surface area contributed by atoms with Crippen molar-refractivity contribution in [3.05, 3.63) is 0 Å². The zero-order chi connectivity index (χ0) is 27.2. The summed E-state index contributed by atoms with van der Waals surface area (Å²) in [6.45, 7) is 4.28. The molecule has 0 rings (SSSR count). The van der Waals surface area contributed by atoms with Crippen molar-refractivity contribution in [2.24, 2.45) is 0 Å². The van der Waals surface area contributed by atoms with E-state index in [2.05, 4.69) is 13.8 Å². The van der Waals surface area contributed by atoms with Crippen LogP contribution >= 0.6 is 0 Å². The molecule has 0 saturated carbocycles. The van der Waals surface area contributed by atoms with E-state index >= 15 is 0 Å². The Labute approximate surface area is 229 Å². The van der Waals surface area contributed by atoms with Gasteiger partial charge in [-0.05, 0) is 12.8 Å². The highest BCUT2D eigenvalue weighted by atomic mass is 16.6. The summed E-state index contributed by atoms with van der Waals surface area (Å²) in [4.78, 5) is 23.7. The number of hydrogen-bond donors (Lipinski definition) is 1. The summed E-state index contributed by atoms with van der Waals surface area (Å²) < 4.78 is 10.3. The van der Waals surface area contributed by atoms with Gasteiger partial charge in [-0.2, -0.15) is 0 Å². The molecule has 0 fully saturated rings. The molecule has 0 bridgehead atoms. The summed E-state index contributed by atoms with van der Waals surface area (Å²) in [7, 11) is 0. The van der Waals surface area contributed by atoms with Crippen LogP contribution in [0.15, 0.2) is 0 Å². The summed E-state index contributed by atoms with van der Waals surface area (Å²) in [6, 6.07) is 0. The number of aliphatic hydroxyl groups is 1. The van der Waals surface area contributed by atoms with Crippen LogP contribution in [0.5, 0.6) is 0 Å². The number of carbonyl (C=O) groups excluding carboxylic acids is 2. The quantitative estimate of drug-likeness (QED) is 0.0776. The van der Waals surface area contributed by atoms with E-state index in [0.29, 0.717) is 12.8 Å². The Bertz CT molecular complexity index is 494. The van der Waals surface area contributed by atoms with Crippen LogP contribution in [0.25, 0.3) is 0 Å². The SMILES string of the molecule is CCCCCCCCCCCCCCC(=O)OC[C@@H](O)COC(=O)CCCCCCCCCCCCC. The maximum atomic E-state index is 11.9. The predicted molar refractivity (Wildman–Crippen MR) is 155 cm³/mol. The van der Waals surface area contributed by atoms with Crippen LogP contribution in [0.2, 0.25) is 0 Å². The summed E-state index contributed by atoms with van der Waals surface area (Å²) in [5, 5.41) is 9.93. The molecular formula is C32H62O5. The summed E-state index contributed by atoms with van der Waals surface area (Å²) in [5.41, 5.74) is 0. The topological polar surface area (TPSA) is 72.8 Å². The van der Waals surface area contributed by atoms with Gasteiger partial charge in [-0.3, -0.25) is 9.59 Å². The maximum Gasteiger partial charge on any atom is 0.305 e. The zero-order valence-electron chi connectivity index (χ0n) is 24.7. The molecule has 0 aromatic heterocycles. The van der Waals surface area contributed by atoms with Gasteiger partial charge in [0.05, 0.1) is 0 Å². The second-order valence-electron chi connectivity index (χ2n) is 10.9. The minimum Gasteiger partial charge on any atom is -0.463 e. The minimum absolute atomic E-state index is 0.108. The van der Waals surface area contributed by atoms with E-state index in [1.54, 1.807) is 0 Å². The molecule has 220 valence electrons. The molecule has 5 nitrogen and oxygen atoms in total. The molecule has 0 heterocycles. The lowest BCUT2D eigenvalue weighted by Gasteiger charge is -2.12. The first kappa shape index (κ1) is 35.9. The summed E-state index contributed by atoms with van der Waals surface area (Å²) in [6.07, 6.45) is 28.6. The predicted octanol–water partition coefficient (Wildman–Crippen LogP) is 9.23. The smallest absolute Gasteiger partial charge is 0.305 e. The van der Waals surface area contributed by atoms with E-state index in [0.717, 1.165) is 25.7 Å². The fraction of sp³-hybridized carbons (Fsp3) is 0.938. The van der Waals surface area contributed by atoms with Crippen LogP contribution < -0.4 is 0 Å². The molecule has 5 heteroatoms. The highest BCUT2D eigenvalue weighted by Gasteiger charge is 2.12. The number of unbranched alkanes of at least 4 members (excludes halogenated alkanes) is 21. The standard InChI is InChI=1S/C32H62O5/c1-3-5-7-9-11-13-15-17-19-21-23-25-27-32(35)37-29-30(33)28-36-31(34)26-24-22-20-18-16-14-12-10-8-6-4-2/h30,33H,3-29H2,1-2H3/t30-/m0/s1. The summed E-state index contributed by atoms with van der Waals surface area (Å²) >= 11 is 0. The number of hydrogen-bond acceptors (Lipinski definition) is 5. The van der Waals surface area contributed by atoms with Crippen molar-refractivity contribution in [3.63, 3.8) is 0 Å². The lowest BCUT2D eigenvalue weighted by atomic mass is 10.0. The normalized spacial score (nSPS) is 12.0. The maximum absolute atomic E-state index is 11.9. The molecule has 0 radical (unpaired) electrons. The molecule has 0 aliphatic heterocycles. The summed E-state index contributed by atoms with van der Waals surface area (Å²) in [5.74, 6) is -0.559. The average molecular weight is 527 g/mol. The Kier molecular flexibility index (Phi) is 28.6. The zero-order valence-corrected chi connectivity index (χ0v) is 24.7. The van der Waals surface area contributed by atoms with Crippen molar-refractivity contribution >= 4 is 11.9 Å². The van der Waals surface area contributed by atoms with Crippen LogP contribution in [-0.2, 0) is 19.1 Å². The second-order valence-corrected chi connectivity index (χ2v) is 10.9. The lowest BCUT2D eigenvalue weighted by molar-refractivity contribution is -0.152. The molecule has 0 saturated heterocycles. The first-order valence-corrected chi connectivity index (χ1v) is 16.1. The third kappa shape index (κ3) is 29.3. The fourth-order valence-electron chi connectivity index (χ4n) is 4.61. The highest BCUT2D eigenvalue weighted by Crippen LogP contribution is 2.14. The van der Waals surface area contributed by atoms with Gasteiger partial charge in [-0.1, -0.05) is 149 Å². The molecule has 1 atom stereocenters. The Morgan fingerprint density at radius 1 is 0.459 bits per heavy atom. The third-order valence-corrected chi connectivity index (χ3v) is 7.09. The van der Waals surface area contributed by atoms with Crippen LogP contribution in [0.4, 0.5) is 0 Å². The largest absolute Gasteiger partial charge is 0.463 e. The number of rotatable bonds is 29. The Hall–Kier alpha value is -1.10. The van der Waals surface area contributed by atoms with Crippen LogP contribution in [0.3, 0.4) is 0 Å². The first-order valence-electron chi connectivity index (χ1n) is 16.1. The van der Waals surface area contributed by atoms with E-state index in [1.165, 1.54) is 122 Å². The molecule has 0 aromatic carbocycles. The molecule has 0 aliphatic carbocycles. The van der Waals surface area contributed by atoms with Gasteiger partial charge < -0.3 is 14.6 Å².